The second-order valence-corrected chi connectivity index (χ2v) is 6.25. The lowest BCUT2D eigenvalue weighted by molar-refractivity contribution is 0.607. The fourth-order valence-corrected chi connectivity index (χ4v) is 3.72. The first-order valence-electron chi connectivity index (χ1n) is 7.41. The maximum atomic E-state index is 4.32. The number of fused-ring (bicyclic) bond motifs is 1. The average Bonchev–Trinajstić information content (AvgIpc) is 2.94. The maximum absolute atomic E-state index is 4.32. The third-order valence-electron chi connectivity index (χ3n) is 3.79. The fraction of sp³-hybridized carbons (Fsp3) is 0.278. The molecule has 1 atom stereocenters. The number of hydrogen-bond acceptors (Lipinski definition) is 3. The van der Waals surface area contributed by atoms with Crippen LogP contribution in [-0.2, 0) is 0 Å². The molecule has 108 valence electrons. The quantitative estimate of drug-likeness (QED) is 0.738. The highest BCUT2D eigenvalue weighted by atomic mass is 32.1. The van der Waals surface area contributed by atoms with Gasteiger partial charge in [-0.15, -0.1) is 11.3 Å². The number of pyridine rings is 1. The van der Waals surface area contributed by atoms with Crippen LogP contribution in [0.5, 0.6) is 0 Å². The smallest absolute Gasteiger partial charge is 0.0680 e. The van der Waals surface area contributed by atoms with E-state index in [4.69, 9.17) is 0 Å². The molecule has 1 N–H and O–H groups in total. The molecule has 0 spiro atoms. The molecule has 2 nitrogen and oxygen atoms in total. The largest absolute Gasteiger partial charge is 0.306 e. The minimum atomic E-state index is 0.248. The van der Waals surface area contributed by atoms with Crippen LogP contribution < -0.4 is 5.32 Å². The summed E-state index contributed by atoms with van der Waals surface area (Å²) in [5, 5.41) is 8.37. The zero-order valence-electron chi connectivity index (χ0n) is 12.5. The Hall–Kier alpha value is -1.71. The van der Waals surface area contributed by atoms with E-state index in [1.807, 2.05) is 23.7 Å². The van der Waals surface area contributed by atoms with Gasteiger partial charge < -0.3 is 5.32 Å². The summed E-state index contributed by atoms with van der Waals surface area (Å²) in [4.78, 5) is 5.72. The lowest BCUT2D eigenvalue weighted by Crippen LogP contribution is -2.23. The molecule has 0 saturated heterocycles. The van der Waals surface area contributed by atoms with Gasteiger partial charge in [-0.05, 0) is 53.9 Å². The van der Waals surface area contributed by atoms with Crippen molar-refractivity contribution in [3.05, 3.63) is 64.1 Å². The molecule has 2 heterocycles. The molecule has 21 heavy (non-hydrogen) atoms. The van der Waals surface area contributed by atoms with Crippen LogP contribution in [0.3, 0.4) is 0 Å². The number of hydrogen-bond donors (Lipinski definition) is 1. The van der Waals surface area contributed by atoms with Crippen molar-refractivity contribution in [3.63, 3.8) is 0 Å². The van der Waals surface area contributed by atoms with Crippen LogP contribution in [0.2, 0.25) is 0 Å². The lowest BCUT2D eigenvalue weighted by atomic mass is 9.97. The van der Waals surface area contributed by atoms with Crippen LogP contribution in [0.1, 0.15) is 35.4 Å². The van der Waals surface area contributed by atoms with Gasteiger partial charge in [-0.1, -0.05) is 25.1 Å². The Morgan fingerprint density at radius 3 is 2.90 bits per heavy atom. The zero-order valence-corrected chi connectivity index (χ0v) is 13.3. The molecule has 0 amide bonds. The Kier molecular flexibility index (Phi) is 4.32. The summed E-state index contributed by atoms with van der Waals surface area (Å²) in [6.07, 6.45) is 4.97. The number of nitrogens with zero attached hydrogens (tertiary/aromatic N) is 1. The second kappa shape index (κ2) is 6.37. The number of aryl methyl sites for hydroxylation is 1. The van der Waals surface area contributed by atoms with E-state index < -0.39 is 0 Å². The Morgan fingerprint density at radius 1 is 1.24 bits per heavy atom. The van der Waals surface area contributed by atoms with E-state index in [1.54, 1.807) is 0 Å². The molecule has 2 aromatic heterocycles. The van der Waals surface area contributed by atoms with Gasteiger partial charge in [0.2, 0.25) is 0 Å². The standard InChI is InChI=1S/C18H20N2S/c1-3-9-20-17(18-13(2)8-11-21-18)15-6-4-5-14-7-10-19-12-16(14)15/h4-8,10-12,17,20H,3,9H2,1-2H3. The molecule has 0 aliphatic rings. The third kappa shape index (κ3) is 2.85. The zero-order chi connectivity index (χ0) is 14.7. The van der Waals surface area contributed by atoms with E-state index in [0.29, 0.717) is 0 Å². The first kappa shape index (κ1) is 14.2. The van der Waals surface area contributed by atoms with Crippen molar-refractivity contribution >= 4 is 22.1 Å². The van der Waals surface area contributed by atoms with Gasteiger partial charge in [-0.2, -0.15) is 0 Å². The van der Waals surface area contributed by atoms with Crippen LogP contribution in [0.25, 0.3) is 10.8 Å². The van der Waals surface area contributed by atoms with Crippen molar-refractivity contribution in [3.8, 4) is 0 Å². The van der Waals surface area contributed by atoms with Gasteiger partial charge in [-0.25, -0.2) is 0 Å². The predicted molar refractivity (Wildman–Crippen MR) is 90.9 cm³/mol. The van der Waals surface area contributed by atoms with Crippen LogP contribution in [0.4, 0.5) is 0 Å². The summed E-state index contributed by atoms with van der Waals surface area (Å²) in [5.74, 6) is 0. The summed E-state index contributed by atoms with van der Waals surface area (Å²) < 4.78 is 0. The van der Waals surface area contributed by atoms with Crippen molar-refractivity contribution < 1.29 is 0 Å². The van der Waals surface area contributed by atoms with Gasteiger partial charge in [0.15, 0.2) is 0 Å². The molecule has 1 unspecified atom stereocenters. The average molecular weight is 296 g/mol. The van der Waals surface area contributed by atoms with Crippen LogP contribution in [0.15, 0.2) is 48.1 Å². The number of rotatable bonds is 5. The minimum Gasteiger partial charge on any atom is -0.306 e. The number of nitrogens with one attached hydrogen (secondary N) is 1. The summed E-state index contributed by atoms with van der Waals surface area (Å²) in [6.45, 7) is 5.41. The molecule has 0 bridgehead atoms. The normalized spacial score (nSPS) is 12.7. The van der Waals surface area contributed by atoms with E-state index in [-0.39, 0.29) is 6.04 Å². The monoisotopic (exact) mass is 296 g/mol. The van der Waals surface area contributed by atoms with Crippen molar-refractivity contribution in [1.29, 1.82) is 0 Å². The molecule has 0 saturated carbocycles. The summed E-state index contributed by atoms with van der Waals surface area (Å²) >= 11 is 1.83. The van der Waals surface area contributed by atoms with Crippen LogP contribution in [-0.4, -0.2) is 11.5 Å². The highest BCUT2D eigenvalue weighted by Crippen LogP contribution is 2.33. The Bertz CT molecular complexity index is 727. The molecular weight excluding hydrogens is 276 g/mol. The Morgan fingerprint density at radius 2 is 2.14 bits per heavy atom. The van der Waals surface area contributed by atoms with Crippen LogP contribution >= 0.6 is 11.3 Å². The fourth-order valence-electron chi connectivity index (χ4n) is 2.70. The molecule has 3 heteroatoms. The molecule has 0 aliphatic carbocycles. The number of benzene rings is 1. The molecule has 1 aromatic carbocycles. The molecule has 0 radical (unpaired) electrons. The van der Waals surface area contributed by atoms with E-state index in [2.05, 4.69) is 59.9 Å². The third-order valence-corrected chi connectivity index (χ3v) is 4.87. The first-order valence-corrected chi connectivity index (χ1v) is 8.29. The van der Waals surface area contributed by atoms with E-state index >= 15 is 0 Å². The second-order valence-electron chi connectivity index (χ2n) is 5.30. The summed E-state index contributed by atoms with van der Waals surface area (Å²) in [5.41, 5.74) is 2.68. The minimum absolute atomic E-state index is 0.248. The molecule has 3 rings (SSSR count). The van der Waals surface area contributed by atoms with Gasteiger partial charge >= 0.3 is 0 Å². The summed E-state index contributed by atoms with van der Waals surface area (Å²) in [6, 6.07) is 11.0. The Balaban J connectivity index is 2.12. The first-order chi connectivity index (χ1) is 10.3. The molecule has 0 aliphatic heterocycles. The van der Waals surface area contributed by atoms with Gasteiger partial charge in [-0.3, -0.25) is 4.98 Å². The number of aromatic nitrogens is 1. The van der Waals surface area contributed by atoms with Crippen molar-refractivity contribution in [2.75, 3.05) is 6.54 Å². The number of thiophene rings is 1. The summed E-state index contributed by atoms with van der Waals surface area (Å²) in [7, 11) is 0. The van der Waals surface area contributed by atoms with E-state index in [1.165, 1.54) is 26.8 Å². The van der Waals surface area contributed by atoms with E-state index in [9.17, 15) is 0 Å². The van der Waals surface area contributed by atoms with E-state index in [0.717, 1.165) is 13.0 Å². The Labute approximate surface area is 129 Å². The highest BCUT2D eigenvalue weighted by molar-refractivity contribution is 7.10. The van der Waals surface area contributed by atoms with Crippen LogP contribution in [0, 0.1) is 6.92 Å². The van der Waals surface area contributed by atoms with Gasteiger partial charge in [0.05, 0.1) is 6.04 Å². The predicted octanol–water partition coefficient (Wildman–Crippen LogP) is 4.69. The SMILES string of the molecule is CCCNC(c1sccc1C)c1cccc2ccncc12. The van der Waals surface area contributed by atoms with Crippen molar-refractivity contribution in [1.82, 2.24) is 10.3 Å². The lowest BCUT2D eigenvalue weighted by Gasteiger charge is -2.20. The maximum Gasteiger partial charge on any atom is 0.0680 e. The van der Waals surface area contributed by atoms with Crippen molar-refractivity contribution in [2.24, 2.45) is 0 Å². The molecular formula is C18H20N2S. The van der Waals surface area contributed by atoms with Gasteiger partial charge in [0, 0.05) is 22.7 Å². The topological polar surface area (TPSA) is 24.9 Å². The molecule has 0 fully saturated rings. The van der Waals surface area contributed by atoms with Gasteiger partial charge in [0.25, 0.3) is 0 Å². The highest BCUT2D eigenvalue weighted by Gasteiger charge is 2.18. The van der Waals surface area contributed by atoms with Gasteiger partial charge in [0.1, 0.15) is 0 Å². The molecule has 3 aromatic rings. The van der Waals surface area contributed by atoms with Crippen molar-refractivity contribution in [2.45, 2.75) is 26.3 Å².